The number of hydrogen-bond acceptors (Lipinski definition) is 4. The Hall–Kier alpha value is -3.60. The van der Waals surface area contributed by atoms with Crippen LogP contribution in [0.15, 0.2) is 72.8 Å². The maximum atomic E-state index is 13.7. The molecule has 0 spiro atoms. The molecule has 1 saturated heterocycles. The van der Waals surface area contributed by atoms with Gasteiger partial charge >= 0.3 is 0 Å². The number of rotatable bonds is 7. The molecule has 3 aromatic carbocycles. The minimum absolute atomic E-state index is 0.0111. The Bertz CT molecular complexity index is 1250. The summed E-state index contributed by atoms with van der Waals surface area (Å²) in [5, 5.41) is 0. The third-order valence-electron chi connectivity index (χ3n) is 7.67. The van der Waals surface area contributed by atoms with Gasteiger partial charge in [-0.2, -0.15) is 0 Å². The Morgan fingerprint density at radius 3 is 2.46 bits per heavy atom. The van der Waals surface area contributed by atoms with Crippen molar-refractivity contribution in [2.45, 2.75) is 57.5 Å². The molecule has 5 heteroatoms. The first-order valence-corrected chi connectivity index (χ1v) is 13.3. The van der Waals surface area contributed by atoms with Crippen LogP contribution in [0.4, 0.5) is 0 Å². The highest BCUT2D eigenvalue weighted by atomic mass is 16.5. The summed E-state index contributed by atoms with van der Waals surface area (Å²) in [6.07, 6.45) is 6.00. The Morgan fingerprint density at radius 2 is 1.73 bits per heavy atom. The molecule has 37 heavy (non-hydrogen) atoms. The second-order valence-corrected chi connectivity index (χ2v) is 10.4. The fourth-order valence-corrected chi connectivity index (χ4v) is 5.73. The van der Waals surface area contributed by atoms with Crippen molar-refractivity contribution in [2.24, 2.45) is 5.92 Å². The van der Waals surface area contributed by atoms with Crippen molar-refractivity contribution in [1.82, 2.24) is 4.90 Å². The van der Waals surface area contributed by atoms with Crippen molar-refractivity contribution in [2.75, 3.05) is 13.7 Å². The number of likely N-dealkylation sites (tertiary alicyclic amines) is 1. The number of nitrogens with zero attached hydrogens (tertiary/aromatic N) is 1. The van der Waals surface area contributed by atoms with E-state index in [0.717, 1.165) is 35.5 Å². The summed E-state index contributed by atoms with van der Waals surface area (Å²) in [6.45, 7) is 2.41. The molecule has 1 aliphatic carbocycles. The summed E-state index contributed by atoms with van der Waals surface area (Å²) in [6, 6.07) is 23.4. The summed E-state index contributed by atoms with van der Waals surface area (Å²) in [4.78, 5) is 28.6. The molecule has 1 saturated carbocycles. The molecule has 0 radical (unpaired) electrons. The number of ether oxygens (including phenoxy) is 2. The van der Waals surface area contributed by atoms with Gasteiger partial charge in [-0.15, -0.1) is 0 Å². The smallest absolute Gasteiger partial charge is 0.260 e. The molecular weight excluding hydrogens is 462 g/mol. The van der Waals surface area contributed by atoms with Gasteiger partial charge < -0.3 is 9.47 Å². The van der Waals surface area contributed by atoms with Crippen LogP contribution in [0.3, 0.4) is 0 Å². The Kier molecular flexibility index (Phi) is 7.59. The number of hydrogen-bond donors (Lipinski definition) is 0. The molecule has 3 aromatic rings. The predicted octanol–water partition coefficient (Wildman–Crippen LogP) is 6.34. The van der Waals surface area contributed by atoms with Gasteiger partial charge in [0.05, 0.1) is 13.2 Å². The summed E-state index contributed by atoms with van der Waals surface area (Å²) in [7, 11) is 1.66. The lowest BCUT2D eigenvalue weighted by Gasteiger charge is -2.37. The number of imide groups is 1. The zero-order chi connectivity index (χ0) is 25.8. The number of methoxy groups -OCH3 is 1. The molecule has 5 nitrogen and oxygen atoms in total. The van der Waals surface area contributed by atoms with Crippen LogP contribution in [-0.2, 0) is 11.2 Å². The number of amides is 2. The summed E-state index contributed by atoms with van der Waals surface area (Å²) in [5.74, 6) is 0.866. The van der Waals surface area contributed by atoms with E-state index in [-0.39, 0.29) is 29.8 Å². The lowest BCUT2D eigenvalue weighted by Crippen LogP contribution is -2.48. The van der Waals surface area contributed by atoms with E-state index in [0.29, 0.717) is 24.9 Å². The highest BCUT2D eigenvalue weighted by molar-refractivity contribution is 6.05. The van der Waals surface area contributed by atoms with E-state index < -0.39 is 0 Å². The highest BCUT2D eigenvalue weighted by Gasteiger charge is 2.38. The average Bonchev–Trinajstić information content (AvgIpc) is 3.43. The van der Waals surface area contributed by atoms with Crippen LogP contribution in [0.2, 0.25) is 0 Å². The van der Waals surface area contributed by atoms with Crippen LogP contribution in [0.25, 0.3) is 0 Å². The monoisotopic (exact) mass is 497 g/mol. The molecular formula is C32H35NO4. The van der Waals surface area contributed by atoms with Crippen LogP contribution in [0.1, 0.15) is 65.1 Å². The zero-order valence-corrected chi connectivity index (χ0v) is 21.7. The Morgan fingerprint density at radius 1 is 0.946 bits per heavy atom. The van der Waals surface area contributed by atoms with Gasteiger partial charge in [0.1, 0.15) is 0 Å². The minimum atomic E-state index is -0.283. The number of aryl methyl sites for hydroxylation is 1. The average molecular weight is 498 g/mol. The van der Waals surface area contributed by atoms with Crippen molar-refractivity contribution in [1.29, 1.82) is 0 Å². The van der Waals surface area contributed by atoms with Gasteiger partial charge in [-0.1, -0.05) is 54.1 Å². The quantitative estimate of drug-likeness (QED) is 0.358. The fourth-order valence-electron chi connectivity index (χ4n) is 5.73. The molecule has 0 bridgehead atoms. The molecule has 2 fully saturated rings. The predicted molar refractivity (Wildman–Crippen MR) is 144 cm³/mol. The fraction of sp³-hybridized carbons (Fsp3) is 0.375. The lowest BCUT2D eigenvalue weighted by atomic mass is 9.80. The summed E-state index contributed by atoms with van der Waals surface area (Å²) >= 11 is 0. The van der Waals surface area contributed by atoms with Gasteiger partial charge in [-0.05, 0) is 80.8 Å². The van der Waals surface area contributed by atoms with Crippen molar-refractivity contribution in [3.8, 4) is 11.5 Å². The molecule has 192 valence electrons. The standard InChI is InChI=1S/C32H35NO4/c1-22-9-8-10-23(17-22)18-26-19-27(21-33(32(26)35)31(34)24-11-4-3-5-12-24)25-15-16-29(36-2)30(20-25)37-28-13-6-7-14-28/h3-5,8-12,15-17,20,26-28H,6-7,13-14,18-19,21H2,1-2H3/t26-,27-/m1/s1. The van der Waals surface area contributed by atoms with Crippen LogP contribution in [0.5, 0.6) is 11.5 Å². The molecule has 0 aromatic heterocycles. The molecule has 2 amide bonds. The normalized spacial score (nSPS) is 20.2. The SMILES string of the molecule is COc1ccc([C@@H]2C[C@@H](Cc3cccc(C)c3)C(=O)N(C(=O)c3ccccc3)C2)cc1OC1CCCC1. The van der Waals surface area contributed by atoms with Crippen LogP contribution in [0, 0.1) is 12.8 Å². The maximum absolute atomic E-state index is 13.7. The third-order valence-corrected chi connectivity index (χ3v) is 7.67. The number of carbonyl (C=O) groups is 2. The first-order valence-electron chi connectivity index (χ1n) is 13.3. The van der Waals surface area contributed by atoms with Crippen LogP contribution in [-0.4, -0.2) is 36.5 Å². The van der Waals surface area contributed by atoms with Crippen LogP contribution < -0.4 is 9.47 Å². The molecule has 1 heterocycles. The highest BCUT2D eigenvalue weighted by Crippen LogP contribution is 2.39. The summed E-state index contributed by atoms with van der Waals surface area (Å²) < 4.78 is 12.0. The first kappa shape index (κ1) is 25.1. The maximum Gasteiger partial charge on any atom is 0.260 e. The van der Waals surface area contributed by atoms with Gasteiger partial charge in [0.2, 0.25) is 5.91 Å². The second kappa shape index (κ2) is 11.2. The van der Waals surface area contributed by atoms with E-state index in [1.54, 1.807) is 19.2 Å². The van der Waals surface area contributed by atoms with Gasteiger partial charge in [-0.25, -0.2) is 0 Å². The third kappa shape index (κ3) is 5.71. The van der Waals surface area contributed by atoms with E-state index in [1.165, 1.54) is 23.3 Å². The number of piperidine rings is 1. The molecule has 2 aliphatic rings. The van der Waals surface area contributed by atoms with Gasteiger partial charge in [-0.3, -0.25) is 14.5 Å². The topological polar surface area (TPSA) is 55.8 Å². The van der Waals surface area contributed by atoms with E-state index in [1.807, 2.05) is 30.3 Å². The molecule has 1 aliphatic heterocycles. The van der Waals surface area contributed by atoms with Gasteiger partial charge in [0.25, 0.3) is 5.91 Å². The van der Waals surface area contributed by atoms with Crippen molar-refractivity contribution >= 4 is 11.8 Å². The number of benzene rings is 3. The first-order chi connectivity index (χ1) is 18.0. The second-order valence-electron chi connectivity index (χ2n) is 10.4. The molecule has 0 unspecified atom stereocenters. The summed E-state index contributed by atoms with van der Waals surface area (Å²) in [5.41, 5.74) is 3.89. The van der Waals surface area contributed by atoms with Crippen molar-refractivity contribution in [3.05, 3.63) is 95.1 Å². The lowest BCUT2D eigenvalue weighted by molar-refractivity contribution is -0.136. The van der Waals surface area contributed by atoms with Crippen molar-refractivity contribution < 1.29 is 19.1 Å². The molecule has 5 rings (SSSR count). The van der Waals surface area contributed by atoms with Gasteiger partial charge in [0.15, 0.2) is 11.5 Å². The van der Waals surface area contributed by atoms with Gasteiger partial charge in [0, 0.05) is 23.9 Å². The Labute approximate surface area is 219 Å². The van der Waals surface area contributed by atoms with Crippen molar-refractivity contribution in [3.63, 3.8) is 0 Å². The minimum Gasteiger partial charge on any atom is -0.493 e. The van der Waals surface area contributed by atoms with E-state index in [4.69, 9.17) is 9.47 Å². The van der Waals surface area contributed by atoms with E-state index >= 15 is 0 Å². The number of carbonyl (C=O) groups excluding carboxylic acids is 2. The largest absolute Gasteiger partial charge is 0.493 e. The van der Waals surface area contributed by atoms with E-state index in [9.17, 15) is 9.59 Å². The Balaban J connectivity index is 1.46. The molecule has 0 N–H and O–H groups in total. The zero-order valence-electron chi connectivity index (χ0n) is 21.7. The molecule has 2 atom stereocenters. The van der Waals surface area contributed by atoms with Crippen LogP contribution >= 0.6 is 0 Å². The van der Waals surface area contributed by atoms with E-state index in [2.05, 4.69) is 37.3 Å².